The normalized spacial score (nSPS) is 10.6. The summed E-state index contributed by atoms with van der Waals surface area (Å²) in [5.41, 5.74) is 0.536. The Balaban J connectivity index is 1.96. The zero-order valence-corrected chi connectivity index (χ0v) is 13.5. The van der Waals surface area contributed by atoms with E-state index in [0.717, 1.165) is 10.1 Å². The second kappa shape index (κ2) is 8.20. The van der Waals surface area contributed by atoms with E-state index in [9.17, 15) is 14.9 Å². The van der Waals surface area contributed by atoms with Crippen molar-refractivity contribution >= 4 is 45.9 Å². The van der Waals surface area contributed by atoms with Crippen LogP contribution in [0.3, 0.4) is 0 Å². The monoisotopic (exact) mass is 348 g/mol. The molecule has 0 saturated carbocycles. The van der Waals surface area contributed by atoms with Gasteiger partial charge >= 0.3 is 0 Å². The molecule has 0 fully saturated rings. The molecule has 0 saturated heterocycles. The molecule has 1 aromatic carbocycles. The minimum absolute atomic E-state index is 0.0273. The van der Waals surface area contributed by atoms with E-state index in [4.69, 9.17) is 0 Å². The molecular weight excluding hydrogens is 336 g/mol. The van der Waals surface area contributed by atoms with Crippen molar-refractivity contribution in [1.82, 2.24) is 10.2 Å². The van der Waals surface area contributed by atoms with Crippen molar-refractivity contribution in [3.8, 4) is 0 Å². The average molecular weight is 348 g/mol. The summed E-state index contributed by atoms with van der Waals surface area (Å²) in [4.78, 5) is 22.0. The number of hydrogen-bond acceptors (Lipinski definition) is 7. The largest absolute Gasteiger partial charge is 0.297 e. The summed E-state index contributed by atoms with van der Waals surface area (Å²) >= 11 is 2.74. The van der Waals surface area contributed by atoms with Crippen LogP contribution < -0.4 is 5.32 Å². The lowest BCUT2D eigenvalue weighted by molar-refractivity contribution is -0.384. The molecule has 7 nitrogen and oxygen atoms in total. The minimum atomic E-state index is -0.485. The average Bonchev–Trinajstić information content (AvgIpc) is 2.98. The number of nitrogens with zero attached hydrogens (tertiary/aromatic N) is 3. The van der Waals surface area contributed by atoms with Crippen LogP contribution in [0.15, 0.2) is 47.3 Å². The Hall–Kier alpha value is -2.52. The number of anilines is 1. The molecule has 1 heterocycles. The maximum absolute atomic E-state index is 11.8. The molecule has 0 aliphatic heterocycles. The van der Waals surface area contributed by atoms with Crippen molar-refractivity contribution < 1.29 is 9.72 Å². The Morgan fingerprint density at radius 2 is 2.30 bits per heavy atom. The van der Waals surface area contributed by atoms with Crippen LogP contribution in [0.25, 0.3) is 6.08 Å². The predicted octanol–water partition coefficient (Wildman–Crippen LogP) is 3.38. The number of carbonyl (C=O) groups is 1. The summed E-state index contributed by atoms with van der Waals surface area (Å²) in [6.07, 6.45) is 4.54. The highest BCUT2D eigenvalue weighted by atomic mass is 32.2. The molecule has 23 heavy (non-hydrogen) atoms. The molecule has 0 atom stereocenters. The Morgan fingerprint density at radius 3 is 3.04 bits per heavy atom. The fraction of sp³-hybridized carbons (Fsp3) is 0.0714. The second-order valence-corrected chi connectivity index (χ2v) is 6.39. The molecule has 0 spiro atoms. The maximum atomic E-state index is 11.8. The first-order chi connectivity index (χ1) is 11.1. The molecule has 1 aromatic heterocycles. The number of carbonyl (C=O) groups excluding carboxylic acids is 1. The summed E-state index contributed by atoms with van der Waals surface area (Å²) < 4.78 is 0.739. The third kappa shape index (κ3) is 5.31. The van der Waals surface area contributed by atoms with E-state index in [1.165, 1.54) is 47.4 Å². The van der Waals surface area contributed by atoms with Gasteiger partial charge in [0.05, 0.1) is 4.92 Å². The van der Waals surface area contributed by atoms with Gasteiger partial charge in [-0.15, -0.1) is 16.8 Å². The summed E-state index contributed by atoms with van der Waals surface area (Å²) in [5, 5.41) is 21.5. The number of nitro groups is 1. The zero-order valence-electron chi connectivity index (χ0n) is 11.8. The van der Waals surface area contributed by atoms with Crippen LogP contribution in [0.2, 0.25) is 0 Å². The molecular formula is C14H12N4O3S2. The number of rotatable bonds is 7. The van der Waals surface area contributed by atoms with Gasteiger partial charge in [-0.1, -0.05) is 41.3 Å². The van der Waals surface area contributed by atoms with Gasteiger partial charge in [0.1, 0.15) is 0 Å². The molecule has 2 rings (SSSR count). The lowest BCUT2D eigenvalue weighted by Gasteiger charge is -1.96. The fourth-order valence-electron chi connectivity index (χ4n) is 1.51. The Kier molecular flexibility index (Phi) is 6.01. The van der Waals surface area contributed by atoms with Crippen molar-refractivity contribution in [2.75, 3.05) is 11.1 Å². The van der Waals surface area contributed by atoms with E-state index in [-0.39, 0.29) is 11.6 Å². The van der Waals surface area contributed by atoms with Crippen LogP contribution in [0, 0.1) is 10.1 Å². The quantitative estimate of drug-likeness (QED) is 0.206. The first-order valence-corrected chi connectivity index (χ1v) is 8.19. The van der Waals surface area contributed by atoms with Crippen LogP contribution in [0.4, 0.5) is 10.8 Å². The minimum Gasteiger partial charge on any atom is -0.297 e. The second-order valence-electron chi connectivity index (χ2n) is 4.15. The standard InChI is InChI=1S/C14H12N4O3S2/c1-2-8-22-14-17-16-13(23-14)15-12(19)7-6-10-4-3-5-11(9-10)18(20)21/h2-7,9H,1,8H2,(H,15,16,19)/b7-6+. The molecule has 0 aliphatic rings. The number of thioether (sulfide) groups is 1. The van der Waals surface area contributed by atoms with E-state index < -0.39 is 4.92 Å². The smallest absolute Gasteiger partial charge is 0.270 e. The highest BCUT2D eigenvalue weighted by molar-refractivity contribution is 8.01. The lowest BCUT2D eigenvalue weighted by atomic mass is 10.2. The fourth-order valence-corrected chi connectivity index (χ4v) is 3.03. The SMILES string of the molecule is C=CCSc1nnc(NC(=O)/C=C/c2cccc([N+](=O)[O-])c2)s1. The van der Waals surface area contributed by atoms with Crippen molar-refractivity contribution in [2.45, 2.75) is 4.34 Å². The van der Waals surface area contributed by atoms with Crippen molar-refractivity contribution in [1.29, 1.82) is 0 Å². The number of nitro benzene ring substituents is 1. The van der Waals surface area contributed by atoms with Gasteiger partial charge in [0.25, 0.3) is 5.69 Å². The molecule has 9 heteroatoms. The van der Waals surface area contributed by atoms with E-state index in [1.807, 2.05) is 0 Å². The molecule has 2 aromatic rings. The van der Waals surface area contributed by atoms with Crippen LogP contribution in [0.5, 0.6) is 0 Å². The van der Waals surface area contributed by atoms with Gasteiger partial charge in [-0.2, -0.15) is 0 Å². The molecule has 0 bridgehead atoms. The van der Waals surface area contributed by atoms with E-state index >= 15 is 0 Å². The first kappa shape index (κ1) is 16.8. The van der Waals surface area contributed by atoms with Gasteiger partial charge < -0.3 is 0 Å². The Morgan fingerprint density at radius 1 is 1.48 bits per heavy atom. The predicted molar refractivity (Wildman–Crippen MR) is 91.6 cm³/mol. The van der Waals surface area contributed by atoms with Gasteiger partial charge in [-0.3, -0.25) is 20.2 Å². The highest BCUT2D eigenvalue weighted by Crippen LogP contribution is 2.25. The number of amides is 1. The summed E-state index contributed by atoms with van der Waals surface area (Å²) in [7, 11) is 0. The van der Waals surface area contributed by atoms with Crippen molar-refractivity contribution in [3.63, 3.8) is 0 Å². The van der Waals surface area contributed by atoms with E-state index in [1.54, 1.807) is 18.2 Å². The summed E-state index contributed by atoms with van der Waals surface area (Å²) in [6.45, 7) is 3.62. The van der Waals surface area contributed by atoms with Crippen molar-refractivity contribution in [2.24, 2.45) is 0 Å². The maximum Gasteiger partial charge on any atom is 0.270 e. The van der Waals surface area contributed by atoms with Gasteiger partial charge in [0.2, 0.25) is 11.0 Å². The van der Waals surface area contributed by atoms with Gasteiger partial charge in [-0.05, 0) is 11.6 Å². The number of benzene rings is 1. The summed E-state index contributed by atoms with van der Waals surface area (Å²) in [6, 6.07) is 6.01. The third-order valence-corrected chi connectivity index (χ3v) is 4.44. The van der Waals surface area contributed by atoms with E-state index in [0.29, 0.717) is 10.7 Å². The summed E-state index contributed by atoms with van der Waals surface area (Å²) in [5.74, 6) is 0.336. The molecule has 1 amide bonds. The molecule has 0 unspecified atom stereocenters. The van der Waals surface area contributed by atoms with Crippen molar-refractivity contribution in [3.05, 3.63) is 58.7 Å². The Labute approximate surface area is 140 Å². The molecule has 0 aliphatic carbocycles. The molecule has 1 N–H and O–H groups in total. The molecule has 0 radical (unpaired) electrons. The van der Waals surface area contributed by atoms with Crippen LogP contribution >= 0.6 is 23.1 Å². The number of nitrogens with one attached hydrogen (secondary N) is 1. The zero-order chi connectivity index (χ0) is 16.7. The highest BCUT2D eigenvalue weighted by Gasteiger charge is 2.07. The van der Waals surface area contributed by atoms with Gasteiger partial charge in [0.15, 0.2) is 4.34 Å². The number of hydrogen-bond donors (Lipinski definition) is 1. The van der Waals surface area contributed by atoms with Crippen LogP contribution in [0.1, 0.15) is 5.56 Å². The topological polar surface area (TPSA) is 98.0 Å². The van der Waals surface area contributed by atoms with E-state index in [2.05, 4.69) is 22.1 Å². The third-order valence-electron chi connectivity index (χ3n) is 2.47. The van der Waals surface area contributed by atoms with Crippen LogP contribution in [-0.2, 0) is 4.79 Å². The molecule has 118 valence electrons. The first-order valence-electron chi connectivity index (χ1n) is 6.39. The number of non-ortho nitro benzene ring substituents is 1. The number of aromatic nitrogens is 2. The van der Waals surface area contributed by atoms with Gasteiger partial charge in [0, 0.05) is 24.0 Å². The Bertz CT molecular complexity index is 758. The van der Waals surface area contributed by atoms with Crippen LogP contribution in [-0.4, -0.2) is 26.8 Å². The lowest BCUT2D eigenvalue weighted by Crippen LogP contribution is -2.07. The van der Waals surface area contributed by atoms with Gasteiger partial charge in [-0.25, -0.2) is 0 Å².